The maximum Gasteiger partial charge on any atom is 0.255 e. The number of hydrogen-bond acceptors (Lipinski definition) is 4. The second-order valence-corrected chi connectivity index (χ2v) is 7.17. The van der Waals surface area contributed by atoms with E-state index in [1.807, 2.05) is 20.8 Å². The Balaban J connectivity index is 2.14. The molecule has 0 heterocycles. The number of hydrogen-bond donors (Lipinski definition) is 2. The average molecular weight is 433 g/mol. The molecule has 0 saturated carbocycles. The number of amides is 2. The summed E-state index contributed by atoms with van der Waals surface area (Å²) in [5.74, 6) is 0.615. The van der Waals surface area contributed by atoms with Crippen LogP contribution in [-0.4, -0.2) is 31.6 Å². The number of carbonyl (C=O) groups excluding carboxylic acids is 2. The van der Waals surface area contributed by atoms with Gasteiger partial charge in [0.25, 0.3) is 11.8 Å². The lowest BCUT2D eigenvalue weighted by atomic mass is 10.1. The van der Waals surface area contributed by atoms with Gasteiger partial charge in [0.05, 0.1) is 23.8 Å². The van der Waals surface area contributed by atoms with Crippen LogP contribution in [0.15, 0.2) is 36.4 Å². The Morgan fingerprint density at radius 2 is 1.57 bits per heavy atom. The zero-order valence-electron chi connectivity index (χ0n) is 17.7. The number of rotatable bonds is 11. The second kappa shape index (κ2) is 12.1. The molecule has 6 nitrogen and oxygen atoms in total. The van der Waals surface area contributed by atoms with Crippen LogP contribution in [-0.2, 0) is 0 Å². The fraction of sp³-hybridized carbons (Fsp3) is 0.391. The van der Waals surface area contributed by atoms with E-state index >= 15 is 0 Å². The zero-order chi connectivity index (χ0) is 21.9. The molecule has 162 valence electrons. The maximum atomic E-state index is 12.7. The van der Waals surface area contributed by atoms with Gasteiger partial charge in [0.2, 0.25) is 0 Å². The van der Waals surface area contributed by atoms with Gasteiger partial charge in [-0.05, 0) is 55.7 Å². The van der Waals surface area contributed by atoms with Crippen LogP contribution in [0.3, 0.4) is 0 Å². The Labute approximate surface area is 182 Å². The fourth-order valence-electron chi connectivity index (χ4n) is 2.62. The van der Waals surface area contributed by atoms with E-state index in [4.69, 9.17) is 21.1 Å². The summed E-state index contributed by atoms with van der Waals surface area (Å²) in [5.41, 5.74) is 1.31. The summed E-state index contributed by atoms with van der Waals surface area (Å²) >= 11 is 6.24. The molecule has 2 aromatic rings. The van der Waals surface area contributed by atoms with Gasteiger partial charge in [0, 0.05) is 17.8 Å². The summed E-state index contributed by atoms with van der Waals surface area (Å²) < 4.78 is 11.5. The first kappa shape index (κ1) is 23.5. The van der Waals surface area contributed by atoms with Crippen LogP contribution in [0.4, 0.5) is 5.69 Å². The summed E-state index contributed by atoms with van der Waals surface area (Å²) in [4.78, 5) is 24.8. The van der Waals surface area contributed by atoms with Crippen molar-refractivity contribution in [3.63, 3.8) is 0 Å². The van der Waals surface area contributed by atoms with Gasteiger partial charge in [-0.1, -0.05) is 32.4 Å². The van der Waals surface area contributed by atoms with Crippen molar-refractivity contribution in [1.82, 2.24) is 5.32 Å². The van der Waals surface area contributed by atoms with E-state index in [0.29, 0.717) is 48.1 Å². The van der Waals surface area contributed by atoms with Gasteiger partial charge in [-0.25, -0.2) is 0 Å². The van der Waals surface area contributed by atoms with Crippen molar-refractivity contribution in [3.8, 4) is 11.5 Å². The molecular weight excluding hydrogens is 404 g/mol. The molecule has 0 fully saturated rings. The minimum Gasteiger partial charge on any atom is -0.490 e. The van der Waals surface area contributed by atoms with E-state index in [0.717, 1.165) is 19.3 Å². The van der Waals surface area contributed by atoms with Crippen LogP contribution in [0.2, 0.25) is 5.02 Å². The zero-order valence-corrected chi connectivity index (χ0v) is 18.5. The molecule has 0 saturated heterocycles. The van der Waals surface area contributed by atoms with E-state index in [1.165, 1.54) is 0 Å². The first-order valence-corrected chi connectivity index (χ1v) is 10.7. The van der Waals surface area contributed by atoms with E-state index in [1.54, 1.807) is 36.4 Å². The van der Waals surface area contributed by atoms with Gasteiger partial charge < -0.3 is 20.1 Å². The molecule has 2 N–H and O–H groups in total. The molecule has 0 aliphatic carbocycles. The molecule has 0 unspecified atom stereocenters. The summed E-state index contributed by atoms with van der Waals surface area (Å²) in [5, 5.41) is 5.86. The molecule has 30 heavy (non-hydrogen) atoms. The molecule has 2 amide bonds. The van der Waals surface area contributed by atoms with Crippen molar-refractivity contribution < 1.29 is 19.1 Å². The summed E-state index contributed by atoms with van der Waals surface area (Å²) in [6.07, 6.45) is 2.56. The number of anilines is 1. The lowest BCUT2D eigenvalue weighted by Crippen LogP contribution is -2.24. The third-order valence-corrected chi connectivity index (χ3v) is 4.45. The number of halogens is 1. The van der Waals surface area contributed by atoms with E-state index in [9.17, 15) is 9.59 Å². The Morgan fingerprint density at radius 1 is 0.867 bits per heavy atom. The molecule has 2 rings (SSSR count). The van der Waals surface area contributed by atoms with Crippen molar-refractivity contribution in [2.75, 3.05) is 25.1 Å². The van der Waals surface area contributed by atoms with Crippen LogP contribution in [0.5, 0.6) is 11.5 Å². The molecule has 0 atom stereocenters. The van der Waals surface area contributed by atoms with Gasteiger partial charge in [-0.15, -0.1) is 0 Å². The highest BCUT2D eigenvalue weighted by Crippen LogP contribution is 2.29. The highest BCUT2D eigenvalue weighted by molar-refractivity contribution is 6.34. The van der Waals surface area contributed by atoms with Crippen molar-refractivity contribution in [3.05, 3.63) is 52.5 Å². The van der Waals surface area contributed by atoms with E-state index < -0.39 is 0 Å². The van der Waals surface area contributed by atoms with Gasteiger partial charge in [0.15, 0.2) is 11.5 Å². The van der Waals surface area contributed by atoms with Crippen LogP contribution >= 0.6 is 11.6 Å². The van der Waals surface area contributed by atoms with Gasteiger partial charge >= 0.3 is 0 Å². The standard InChI is InChI=1S/C23H29ClN2O4/c1-4-11-25-23(28)18-9-8-17(15-19(18)24)26-22(27)16-7-10-20(29-12-5-2)21(14-16)30-13-6-3/h7-10,14-15H,4-6,11-13H2,1-3H3,(H,25,28)(H,26,27). The first-order valence-electron chi connectivity index (χ1n) is 10.3. The third kappa shape index (κ3) is 6.66. The molecule has 0 aliphatic heterocycles. The average Bonchev–Trinajstić information content (AvgIpc) is 2.74. The number of ether oxygens (including phenoxy) is 2. The number of nitrogens with one attached hydrogen (secondary N) is 2. The van der Waals surface area contributed by atoms with Crippen molar-refractivity contribution in [2.24, 2.45) is 0 Å². The number of benzene rings is 2. The third-order valence-electron chi connectivity index (χ3n) is 4.14. The quantitative estimate of drug-likeness (QED) is 0.504. The Hall–Kier alpha value is -2.73. The summed E-state index contributed by atoms with van der Waals surface area (Å²) in [6.45, 7) is 7.70. The van der Waals surface area contributed by atoms with E-state index in [2.05, 4.69) is 10.6 Å². The normalized spacial score (nSPS) is 10.4. The van der Waals surface area contributed by atoms with Crippen molar-refractivity contribution >= 4 is 29.1 Å². The first-order chi connectivity index (χ1) is 14.5. The Bertz CT molecular complexity index is 870. The van der Waals surface area contributed by atoms with Crippen LogP contribution < -0.4 is 20.1 Å². The van der Waals surface area contributed by atoms with Crippen LogP contribution in [0.25, 0.3) is 0 Å². The maximum absolute atomic E-state index is 12.7. The van der Waals surface area contributed by atoms with Crippen LogP contribution in [0.1, 0.15) is 60.7 Å². The van der Waals surface area contributed by atoms with Crippen LogP contribution in [0, 0.1) is 0 Å². The van der Waals surface area contributed by atoms with Gasteiger partial charge in [-0.2, -0.15) is 0 Å². The van der Waals surface area contributed by atoms with Gasteiger partial charge in [0.1, 0.15) is 0 Å². The molecule has 0 bridgehead atoms. The lowest BCUT2D eigenvalue weighted by molar-refractivity contribution is 0.0953. The molecule has 0 spiro atoms. The second-order valence-electron chi connectivity index (χ2n) is 6.76. The minimum absolute atomic E-state index is 0.236. The minimum atomic E-state index is -0.308. The monoisotopic (exact) mass is 432 g/mol. The lowest BCUT2D eigenvalue weighted by Gasteiger charge is -2.14. The van der Waals surface area contributed by atoms with Gasteiger partial charge in [-0.3, -0.25) is 9.59 Å². The topological polar surface area (TPSA) is 76.7 Å². The fourth-order valence-corrected chi connectivity index (χ4v) is 2.89. The largest absolute Gasteiger partial charge is 0.490 e. The summed E-state index contributed by atoms with van der Waals surface area (Å²) in [7, 11) is 0. The smallest absolute Gasteiger partial charge is 0.255 e. The highest BCUT2D eigenvalue weighted by atomic mass is 35.5. The number of carbonyl (C=O) groups is 2. The predicted molar refractivity (Wildman–Crippen MR) is 120 cm³/mol. The SMILES string of the molecule is CCCNC(=O)c1ccc(NC(=O)c2ccc(OCCC)c(OCCC)c2)cc1Cl. The Kier molecular flexibility index (Phi) is 9.48. The molecule has 2 aromatic carbocycles. The summed E-state index contributed by atoms with van der Waals surface area (Å²) in [6, 6.07) is 9.91. The highest BCUT2D eigenvalue weighted by Gasteiger charge is 2.14. The molecule has 0 aromatic heterocycles. The van der Waals surface area contributed by atoms with E-state index in [-0.39, 0.29) is 16.8 Å². The molecule has 7 heteroatoms. The van der Waals surface area contributed by atoms with Crippen molar-refractivity contribution in [1.29, 1.82) is 0 Å². The predicted octanol–water partition coefficient (Wildman–Crippen LogP) is 5.31. The van der Waals surface area contributed by atoms with Crippen molar-refractivity contribution in [2.45, 2.75) is 40.0 Å². The molecule has 0 aliphatic rings. The molecular formula is C23H29ClN2O4. The Morgan fingerprint density at radius 3 is 2.20 bits per heavy atom. The molecule has 0 radical (unpaired) electrons.